The zero-order valence-corrected chi connectivity index (χ0v) is 11.9. The Morgan fingerprint density at radius 2 is 2.24 bits per heavy atom. The summed E-state index contributed by atoms with van der Waals surface area (Å²) in [6, 6.07) is 5.47. The smallest absolute Gasteiger partial charge is 0.325 e. The van der Waals surface area contributed by atoms with Gasteiger partial charge in [0.1, 0.15) is 12.3 Å². The Labute approximate surface area is 114 Å². The van der Waals surface area contributed by atoms with Crippen LogP contribution in [-0.4, -0.2) is 32.2 Å². The van der Waals surface area contributed by atoms with Crippen molar-refractivity contribution in [3.8, 4) is 5.75 Å². The lowest BCUT2D eigenvalue weighted by Gasteiger charge is -2.20. The number of esters is 1. The van der Waals surface area contributed by atoms with Crippen LogP contribution in [0.4, 0.5) is 5.69 Å². The minimum absolute atomic E-state index is 0.0536. The summed E-state index contributed by atoms with van der Waals surface area (Å²) in [4.78, 5) is 12.8. The zero-order valence-electron chi connectivity index (χ0n) is 9.47. The molecule has 0 saturated heterocycles. The Kier molecular flexibility index (Phi) is 5.37. The van der Waals surface area contributed by atoms with Crippen LogP contribution in [0.25, 0.3) is 0 Å². The van der Waals surface area contributed by atoms with Gasteiger partial charge in [-0.1, -0.05) is 28.1 Å². The molecule has 92 valence electrons. The Hall–Kier alpha value is -1.14. The maximum Gasteiger partial charge on any atom is 0.325 e. The van der Waals surface area contributed by atoms with Gasteiger partial charge in [-0.15, -0.1) is 0 Å². The quantitative estimate of drug-likeness (QED) is 0.616. The minimum atomic E-state index is -0.365. The average Bonchev–Trinajstić information content (AvgIpc) is 2.35. The number of methoxy groups -OCH3 is 2. The summed E-state index contributed by atoms with van der Waals surface area (Å²) in [5.74, 6) is 0.264. The van der Waals surface area contributed by atoms with Crippen molar-refractivity contribution < 1.29 is 14.3 Å². The maximum absolute atomic E-state index is 11.2. The summed E-state index contributed by atoms with van der Waals surface area (Å²) in [5, 5.41) is 0. The van der Waals surface area contributed by atoms with Crippen LogP contribution in [-0.2, 0) is 9.53 Å². The van der Waals surface area contributed by atoms with Gasteiger partial charge in [0.25, 0.3) is 0 Å². The lowest BCUT2D eigenvalue weighted by atomic mass is 10.2. The number of rotatable bonds is 5. The molecule has 0 saturated carbocycles. The second kappa shape index (κ2) is 6.56. The molecule has 0 bridgehead atoms. The van der Waals surface area contributed by atoms with Crippen molar-refractivity contribution in [2.45, 2.75) is 0 Å². The summed E-state index contributed by atoms with van der Waals surface area (Å²) in [6.45, 7) is 0.0536. The first-order valence-corrected chi connectivity index (χ1v) is 6.01. The summed E-state index contributed by atoms with van der Waals surface area (Å²) < 4.78 is 10.7. The molecule has 0 fully saturated rings. The molecule has 1 aromatic rings. The van der Waals surface area contributed by atoms with E-state index in [1.54, 1.807) is 18.1 Å². The predicted octanol–water partition coefficient (Wildman–Crippen LogP) is 2.39. The van der Waals surface area contributed by atoms with Crippen molar-refractivity contribution in [3.05, 3.63) is 22.7 Å². The molecule has 0 spiro atoms. The third-order valence-corrected chi connectivity index (χ3v) is 2.85. The van der Waals surface area contributed by atoms with Gasteiger partial charge in [0.15, 0.2) is 0 Å². The first-order valence-electron chi connectivity index (χ1n) is 4.74. The van der Waals surface area contributed by atoms with Gasteiger partial charge in [-0.05, 0) is 18.2 Å². The van der Waals surface area contributed by atoms with E-state index < -0.39 is 0 Å². The van der Waals surface area contributed by atoms with Crippen LogP contribution in [0.5, 0.6) is 5.75 Å². The van der Waals surface area contributed by atoms with E-state index in [0.717, 1.165) is 10.2 Å². The molecule has 0 aliphatic heterocycles. The summed E-state index contributed by atoms with van der Waals surface area (Å²) in [5.41, 5.74) is 2.11. The zero-order chi connectivity index (χ0) is 12.8. The molecule has 0 N–H and O–H groups in total. The Balaban J connectivity index is 3.02. The number of anilines is 1. The Bertz CT molecular complexity index is 425. The van der Waals surface area contributed by atoms with Crippen molar-refractivity contribution in [2.24, 2.45) is 0 Å². The van der Waals surface area contributed by atoms with Crippen molar-refractivity contribution >= 4 is 45.3 Å². The molecular formula is C11H12BrNO3S. The summed E-state index contributed by atoms with van der Waals surface area (Å²) in [7, 11) is 2.90. The predicted molar refractivity (Wildman–Crippen MR) is 73.7 cm³/mol. The second-order valence-electron chi connectivity index (χ2n) is 3.13. The van der Waals surface area contributed by atoms with Crippen LogP contribution in [0.1, 0.15) is 0 Å². The van der Waals surface area contributed by atoms with Gasteiger partial charge < -0.3 is 14.4 Å². The normalized spacial score (nSPS) is 9.59. The van der Waals surface area contributed by atoms with E-state index in [1.807, 2.05) is 12.1 Å². The van der Waals surface area contributed by atoms with E-state index in [2.05, 4.69) is 20.7 Å². The largest absolute Gasteiger partial charge is 0.495 e. The van der Waals surface area contributed by atoms with Gasteiger partial charge in [-0.2, -0.15) is 0 Å². The number of benzene rings is 1. The highest BCUT2D eigenvalue weighted by Crippen LogP contribution is 2.30. The number of halogens is 1. The number of hydrogen-bond acceptors (Lipinski definition) is 4. The van der Waals surface area contributed by atoms with Gasteiger partial charge in [0.05, 0.1) is 25.4 Å². The van der Waals surface area contributed by atoms with Crippen LogP contribution < -0.4 is 9.64 Å². The van der Waals surface area contributed by atoms with E-state index in [1.165, 1.54) is 12.6 Å². The third-order valence-electron chi connectivity index (χ3n) is 2.11. The molecule has 0 aliphatic carbocycles. The molecule has 1 aromatic carbocycles. The lowest BCUT2D eigenvalue weighted by molar-refractivity contribution is -0.138. The van der Waals surface area contributed by atoms with E-state index in [0.29, 0.717) is 5.75 Å². The molecule has 0 atom stereocenters. The van der Waals surface area contributed by atoms with Gasteiger partial charge in [-0.25, -0.2) is 0 Å². The minimum Gasteiger partial charge on any atom is -0.495 e. The van der Waals surface area contributed by atoms with Crippen LogP contribution in [0.3, 0.4) is 0 Å². The molecule has 0 unspecified atom stereocenters. The fraction of sp³-hybridized carbons (Fsp3) is 0.273. The molecule has 6 heteroatoms. The standard InChI is InChI=1S/C11H12BrNO3S/c1-15-10-5-8(12)3-4-9(10)13(7-17)6-11(14)16-2/h3-5,7H,6H2,1-2H3. The second-order valence-corrected chi connectivity index (χ2v) is 4.25. The van der Waals surface area contributed by atoms with Crippen molar-refractivity contribution in [3.63, 3.8) is 0 Å². The molecule has 4 nitrogen and oxygen atoms in total. The van der Waals surface area contributed by atoms with Gasteiger partial charge in [0.2, 0.25) is 0 Å². The third kappa shape index (κ3) is 3.67. The first kappa shape index (κ1) is 13.9. The lowest BCUT2D eigenvalue weighted by Crippen LogP contribution is -2.28. The highest BCUT2D eigenvalue weighted by molar-refractivity contribution is 9.10. The molecular weight excluding hydrogens is 306 g/mol. The van der Waals surface area contributed by atoms with E-state index in [9.17, 15) is 4.79 Å². The molecule has 0 aliphatic rings. The fourth-order valence-corrected chi connectivity index (χ4v) is 1.80. The SMILES string of the molecule is COC(=O)CN(C=S)c1ccc(Br)cc1OC. The number of hydrogen-bond donors (Lipinski definition) is 0. The highest BCUT2D eigenvalue weighted by Gasteiger charge is 2.14. The number of ether oxygens (including phenoxy) is 2. The van der Waals surface area contributed by atoms with Crippen molar-refractivity contribution in [1.82, 2.24) is 0 Å². The highest BCUT2D eigenvalue weighted by atomic mass is 79.9. The van der Waals surface area contributed by atoms with Crippen LogP contribution in [0.15, 0.2) is 22.7 Å². The van der Waals surface area contributed by atoms with Crippen LogP contribution in [0, 0.1) is 0 Å². The molecule has 17 heavy (non-hydrogen) atoms. The monoisotopic (exact) mass is 317 g/mol. The number of carbonyl (C=O) groups excluding carboxylic acids is 1. The van der Waals surface area contributed by atoms with Gasteiger partial charge >= 0.3 is 5.97 Å². The van der Waals surface area contributed by atoms with Gasteiger partial charge in [-0.3, -0.25) is 4.79 Å². The van der Waals surface area contributed by atoms with Crippen LogP contribution in [0.2, 0.25) is 0 Å². The fourth-order valence-electron chi connectivity index (χ4n) is 1.27. The van der Waals surface area contributed by atoms with Crippen molar-refractivity contribution in [2.75, 3.05) is 25.7 Å². The molecule has 0 heterocycles. The molecule has 0 radical (unpaired) electrons. The Morgan fingerprint density at radius 3 is 2.76 bits per heavy atom. The number of thiocarbonyl (C=S) groups is 1. The number of carbonyl (C=O) groups is 1. The van der Waals surface area contributed by atoms with E-state index in [-0.39, 0.29) is 12.5 Å². The molecule has 0 aromatic heterocycles. The van der Waals surface area contributed by atoms with Crippen LogP contribution >= 0.6 is 28.1 Å². The summed E-state index contributed by atoms with van der Waals surface area (Å²) in [6.07, 6.45) is 0. The first-order chi connectivity index (χ1) is 8.12. The maximum atomic E-state index is 11.2. The van der Waals surface area contributed by atoms with Gasteiger partial charge in [0, 0.05) is 4.47 Å². The van der Waals surface area contributed by atoms with E-state index >= 15 is 0 Å². The van der Waals surface area contributed by atoms with E-state index in [4.69, 9.17) is 17.0 Å². The Morgan fingerprint density at radius 1 is 1.53 bits per heavy atom. The number of nitrogens with zero attached hydrogens (tertiary/aromatic N) is 1. The molecule has 0 amide bonds. The van der Waals surface area contributed by atoms with Crippen molar-refractivity contribution in [1.29, 1.82) is 0 Å². The molecule has 1 rings (SSSR count). The topological polar surface area (TPSA) is 38.8 Å². The summed E-state index contributed by atoms with van der Waals surface area (Å²) >= 11 is 8.23. The average molecular weight is 318 g/mol.